The highest BCUT2D eigenvalue weighted by Gasteiger charge is 2.08. The number of hydrogen-bond donors (Lipinski definition) is 2. The van der Waals surface area contributed by atoms with Crippen LogP contribution in [-0.2, 0) is 13.6 Å². The number of aliphatic hydroxyl groups is 1. The molecule has 1 aromatic carbocycles. The number of aliphatic hydroxyl groups excluding tert-OH is 1. The largest absolute Gasteiger partial charge is 0.491 e. The lowest BCUT2D eigenvalue weighted by Crippen LogP contribution is -2.07. The van der Waals surface area contributed by atoms with E-state index in [4.69, 9.17) is 9.84 Å². The minimum absolute atomic E-state index is 0.00994. The lowest BCUT2D eigenvalue weighted by atomic mass is 10.2. The molecular formula is C15H17N5O2. The normalized spacial score (nSPS) is 10.8. The van der Waals surface area contributed by atoms with Crippen molar-refractivity contribution in [3.63, 3.8) is 0 Å². The van der Waals surface area contributed by atoms with Crippen molar-refractivity contribution in [1.82, 2.24) is 19.7 Å². The first-order valence-electron chi connectivity index (χ1n) is 6.97. The summed E-state index contributed by atoms with van der Waals surface area (Å²) in [6.07, 6.45) is 3.26. The van der Waals surface area contributed by atoms with Gasteiger partial charge in [-0.05, 0) is 6.07 Å². The Labute approximate surface area is 127 Å². The molecule has 0 amide bonds. The number of rotatable bonds is 6. The summed E-state index contributed by atoms with van der Waals surface area (Å²) in [6, 6.07) is 7.70. The van der Waals surface area contributed by atoms with E-state index in [1.54, 1.807) is 10.9 Å². The summed E-state index contributed by atoms with van der Waals surface area (Å²) in [5, 5.41) is 17.2. The molecule has 0 saturated carbocycles. The van der Waals surface area contributed by atoms with E-state index in [0.717, 1.165) is 28.2 Å². The Balaban J connectivity index is 1.80. The van der Waals surface area contributed by atoms with Crippen LogP contribution in [-0.4, -0.2) is 38.1 Å². The molecule has 7 nitrogen and oxygen atoms in total. The van der Waals surface area contributed by atoms with Crippen LogP contribution in [0.5, 0.6) is 5.75 Å². The fourth-order valence-electron chi connectivity index (χ4n) is 2.23. The molecule has 0 saturated heterocycles. The molecule has 0 aliphatic heterocycles. The molecule has 3 aromatic rings. The fourth-order valence-corrected chi connectivity index (χ4v) is 2.23. The second-order valence-electron chi connectivity index (χ2n) is 4.76. The van der Waals surface area contributed by atoms with E-state index < -0.39 is 0 Å². The number of ether oxygens (including phenoxy) is 1. The molecule has 3 rings (SSSR count). The van der Waals surface area contributed by atoms with Crippen molar-refractivity contribution in [2.45, 2.75) is 6.54 Å². The van der Waals surface area contributed by atoms with Crippen molar-refractivity contribution in [2.75, 3.05) is 18.5 Å². The number of benzene rings is 1. The van der Waals surface area contributed by atoms with Gasteiger partial charge in [0.15, 0.2) is 5.65 Å². The van der Waals surface area contributed by atoms with Crippen molar-refractivity contribution >= 4 is 16.9 Å². The van der Waals surface area contributed by atoms with Crippen LogP contribution in [0.15, 0.2) is 36.8 Å². The Kier molecular flexibility index (Phi) is 4.15. The van der Waals surface area contributed by atoms with E-state index in [0.29, 0.717) is 6.54 Å². The van der Waals surface area contributed by atoms with Gasteiger partial charge >= 0.3 is 0 Å². The quantitative estimate of drug-likeness (QED) is 0.714. The number of aromatic nitrogens is 4. The van der Waals surface area contributed by atoms with Crippen LogP contribution in [0.3, 0.4) is 0 Å². The van der Waals surface area contributed by atoms with E-state index >= 15 is 0 Å². The Bertz CT molecular complexity index is 771. The zero-order chi connectivity index (χ0) is 15.4. The lowest BCUT2D eigenvalue weighted by molar-refractivity contribution is 0.200. The number of fused-ring (bicyclic) bond motifs is 1. The third-order valence-electron chi connectivity index (χ3n) is 3.30. The predicted octanol–water partition coefficient (Wildman–Crippen LogP) is 1.35. The molecule has 0 unspecified atom stereocenters. The van der Waals surface area contributed by atoms with E-state index in [2.05, 4.69) is 20.4 Å². The summed E-state index contributed by atoms with van der Waals surface area (Å²) in [7, 11) is 1.84. The smallest absolute Gasteiger partial charge is 0.163 e. The third-order valence-corrected chi connectivity index (χ3v) is 3.30. The summed E-state index contributed by atoms with van der Waals surface area (Å²) < 4.78 is 7.24. The minimum Gasteiger partial charge on any atom is -0.491 e. The van der Waals surface area contributed by atoms with Gasteiger partial charge in [0.05, 0.1) is 18.2 Å². The van der Waals surface area contributed by atoms with E-state index in [1.165, 1.54) is 6.33 Å². The van der Waals surface area contributed by atoms with E-state index in [1.807, 2.05) is 31.3 Å². The zero-order valence-electron chi connectivity index (χ0n) is 12.2. The molecule has 0 spiro atoms. The molecule has 114 valence electrons. The average Bonchev–Trinajstić information content (AvgIpc) is 2.94. The Morgan fingerprint density at radius 2 is 2.14 bits per heavy atom. The number of para-hydroxylation sites is 1. The molecule has 0 atom stereocenters. The summed E-state index contributed by atoms with van der Waals surface area (Å²) in [6.45, 7) is 0.823. The van der Waals surface area contributed by atoms with Crippen molar-refractivity contribution in [2.24, 2.45) is 7.05 Å². The number of hydrogen-bond acceptors (Lipinski definition) is 6. The number of nitrogens with zero attached hydrogens (tertiary/aromatic N) is 4. The van der Waals surface area contributed by atoms with E-state index in [-0.39, 0.29) is 13.2 Å². The van der Waals surface area contributed by atoms with Gasteiger partial charge in [-0.3, -0.25) is 4.68 Å². The first-order chi connectivity index (χ1) is 10.8. The van der Waals surface area contributed by atoms with Crippen molar-refractivity contribution < 1.29 is 9.84 Å². The van der Waals surface area contributed by atoms with Gasteiger partial charge in [0.25, 0.3) is 0 Å². The average molecular weight is 299 g/mol. The molecule has 2 N–H and O–H groups in total. The maximum atomic E-state index is 8.88. The standard InChI is InChI=1S/C15H17N5O2/c1-20-15-12(9-19-20)14(17-10-18-15)16-8-11-4-2-3-5-13(11)22-7-6-21/h2-5,9-10,21H,6-8H2,1H3,(H,16,17,18). The molecule has 0 radical (unpaired) electrons. The van der Waals surface area contributed by atoms with Gasteiger partial charge < -0.3 is 15.2 Å². The second kappa shape index (κ2) is 6.40. The zero-order valence-corrected chi connectivity index (χ0v) is 12.2. The predicted molar refractivity (Wildman–Crippen MR) is 82.7 cm³/mol. The first kappa shape index (κ1) is 14.3. The third kappa shape index (κ3) is 2.84. The van der Waals surface area contributed by atoms with Crippen LogP contribution in [0.25, 0.3) is 11.0 Å². The topological polar surface area (TPSA) is 85.1 Å². The molecular weight excluding hydrogens is 282 g/mol. The summed E-state index contributed by atoms with van der Waals surface area (Å²) >= 11 is 0. The maximum absolute atomic E-state index is 8.88. The van der Waals surface area contributed by atoms with Gasteiger partial charge in [-0.2, -0.15) is 5.10 Å². The summed E-state index contributed by atoms with van der Waals surface area (Å²) in [4.78, 5) is 8.48. The van der Waals surface area contributed by atoms with Crippen molar-refractivity contribution in [3.8, 4) is 5.75 Å². The highest BCUT2D eigenvalue weighted by molar-refractivity contribution is 5.85. The highest BCUT2D eigenvalue weighted by Crippen LogP contribution is 2.22. The SMILES string of the molecule is Cn1ncc2c(NCc3ccccc3OCCO)ncnc21. The number of nitrogens with one attached hydrogen (secondary N) is 1. The van der Waals surface area contributed by atoms with Crippen molar-refractivity contribution in [1.29, 1.82) is 0 Å². The van der Waals surface area contributed by atoms with Crippen molar-refractivity contribution in [3.05, 3.63) is 42.4 Å². The Morgan fingerprint density at radius 1 is 1.27 bits per heavy atom. The van der Waals surface area contributed by atoms with Gasteiger partial charge in [0.2, 0.25) is 0 Å². The molecule has 2 aromatic heterocycles. The number of anilines is 1. The van der Waals surface area contributed by atoms with Crippen LogP contribution in [0.1, 0.15) is 5.56 Å². The van der Waals surface area contributed by atoms with Crippen LogP contribution in [0.2, 0.25) is 0 Å². The molecule has 0 bridgehead atoms. The molecule has 2 heterocycles. The van der Waals surface area contributed by atoms with Gasteiger partial charge in [0, 0.05) is 19.2 Å². The minimum atomic E-state index is -0.00994. The fraction of sp³-hybridized carbons (Fsp3) is 0.267. The lowest BCUT2D eigenvalue weighted by Gasteiger charge is -2.12. The molecule has 0 fully saturated rings. The number of aryl methyl sites for hydroxylation is 1. The monoisotopic (exact) mass is 299 g/mol. The Morgan fingerprint density at radius 3 is 3.00 bits per heavy atom. The van der Waals surface area contributed by atoms with Crippen LogP contribution < -0.4 is 10.1 Å². The van der Waals surface area contributed by atoms with Crippen LogP contribution in [0.4, 0.5) is 5.82 Å². The van der Waals surface area contributed by atoms with Gasteiger partial charge in [0.1, 0.15) is 24.5 Å². The van der Waals surface area contributed by atoms with Gasteiger partial charge in [-0.1, -0.05) is 18.2 Å². The van der Waals surface area contributed by atoms with Crippen LogP contribution in [0, 0.1) is 0 Å². The van der Waals surface area contributed by atoms with Gasteiger partial charge in [-0.15, -0.1) is 0 Å². The van der Waals surface area contributed by atoms with Gasteiger partial charge in [-0.25, -0.2) is 9.97 Å². The summed E-state index contributed by atoms with van der Waals surface area (Å²) in [5.41, 5.74) is 1.77. The van der Waals surface area contributed by atoms with E-state index in [9.17, 15) is 0 Å². The second-order valence-corrected chi connectivity index (χ2v) is 4.76. The molecule has 7 heteroatoms. The maximum Gasteiger partial charge on any atom is 0.163 e. The molecule has 0 aliphatic rings. The Hall–Kier alpha value is -2.67. The summed E-state index contributed by atoms with van der Waals surface area (Å²) in [5.74, 6) is 1.48. The molecule has 22 heavy (non-hydrogen) atoms. The first-order valence-corrected chi connectivity index (χ1v) is 6.97. The highest BCUT2D eigenvalue weighted by atomic mass is 16.5. The molecule has 0 aliphatic carbocycles. The van der Waals surface area contributed by atoms with Crippen LogP contribution >= 0.6 is 0 Å².